The molecule has 4 heteroatoms. The van der Waals surface area contributed by atoms with Gasteiger partial charge in [0.2, 0.25) is 5.88 Å². The zero-order chi connectivity index (χ0) is 12.3. The van der Waals surface area contributed by atoms with E-state index in [1.807, 2.05) is 13.8 Å². The molecule has 0 atom stereocenters. The average molecular weight is 235 g/mol. The zero-order valence-electron chi connectivity index (χ0n) is 10.6. The lowest BCUT2D eigenvalue weighted by atomic mass is 9.83. The molecule has 0 saturated heterocycles. The number of rotatable bonds is 5. The van der Waals surface area contributed by atoms with Gasteiger partial charge in [-0.25, -0.2) is 4.98 Å². The Morgan fingerprint density at radius 2 is 2.18 bits per heavy atom. The van der Waals surface area contributed by atoms with Crippen LogP contribution in [0.15, 0.2) is 6.07 Å². The predicted octanol–water partition coefficient (Wildman–Crippen LogP) is 2.75. The number of aromatic nitrogens is 2. The molecule has 1 aliphatic carbocycles. The van der Waals surface area contributed by atoms with Gasteiger partial charge in [0.05, 0.1) is 6.61 Å². The van der Waals surface area contributed by atoms with Crippen LogP contribution in [-0.2, 0) is 0 Å². The molecule has 1 heterocycles. The summed E-state index contributed by atoms with van der Waals surface area (Å²) in [7, 11) is 0. The fraction of sp³-hybridized carbons (Fsp3) is 0.692. The van der Waals surface area contributed by atoms with Crippen LogP contribution in [0, 0.1) is 5.92 Å². The molecule has 0 aromatic carbocycles. The van der Waals surface area contributed by atoms with Crippen molar-refractivity contribution in [2.45, 2.75) is 45.4 Å². The van der Waals surface area contributed by atoms with Crippen LogP contribution < -0.4 is 10.5 Å². The van der Waals surface area contributed by atoms with Crippen LogP contribution in [0.2, 0.25) is 0 Å². The topological polar surface area (TPSA) is 61.0 Å². The van der Waals surface area contributed by atoms with E-state index in [0.29, 0.717) is 11.7 Å². The summed E-state index contributed by atoms with van der Waals surface area (Å²) in [6, 6.07) is 1.70. The van der Waals surface area contributed by atoms with Gasteiger partial charge >= 0.3 is 0 Å². The van der Waals surface area contributed by atoms with E-state index in [9.17, 15) is 0 Å². The summed E-state index contributed by atoms with van der Waals surface area (Å²) < 4.78 is 5.65. The fourth-order valence-electron chi connectivity index (χ4n) is 1.91. The maximum Gasteiger partial charge on any atom is 0.218 e. The van der Waals surface area contributed by atoms with Crippen molar-refractivity contribution in [3.05, 3.63) is 11.9 Å². The third-order valence-corrected chi connectivity index (χ3v) is 3.26. The molecule has 0 unspecified atom stereocenters. The summed E-state index contributed by atoms with van der Waals surface area (Å²) in [4.78, 5) is 8.55. The molecule has 1 fully saturated rings. The van der Waals surface area contributed by atoms with Gasteiger partial charge in [0, 0.05) is 12.0 Å². The normalized spacial score (nSPS) is 15.9. The number of nitrogens with two attached hydrogens (primary N) is 1. The Hall–Kier alpha value is -1.32. The first-order valence-corrected chi connectivity index (χ1v) is 6.42. The minimum Gasteiger partial charge on any atom is -0.478 e. The van der Waals surface area contributed by atoms with E-state index in [1.54, 1.807) is 6.07 Å². The fourth-order valence-corrected chi connectivity index (χ4v) is 1.91. The van der Waals surface area contributed by atoms with E-state index in [1.165, 1.54) is 19.3 Å². The van der Waals surface area contributed by atoms with E-state index < -0.39 is 0 Å². The molecule has 0 amide bonds. The van der Waals surface area contributed by atoms with Crippen LogP contribution in [0.1, 0.15) is 51.3 Å². The third-order valence-electron chi connectivity index (χ3n) is 3.26. The number of anilines is 1. The second-order valence-electron chi connectivity index (χ2n) is 5.08. The van der Waals surface area contributed by atoms with Crippen molar-refractivity contribution in [2.24, 2.45) is 5.92 Å². The van der Waals surface area contributed by atoms with Crippen LogP contribution in [-0.4, -0.2) is 16.6 Å². The zero-order valence-corrected chi connectivity index (χ0v) is 10.6. The van der Waals surface area contributed by atoms with E-state index in [2.05, 4.69) is 9.97 Å². The number of hydrogen-bond donors (Lipinski definition) is 1. The van der Waals surface area contributed by atoms with Crippen LogP contribution in [0.5, 0.6) is 5.88 Å². The Balaban J connectivity index is 1.90. The molecule has 0 bridgehead atoms. The highest BCUT2D eigenvalue weighted by molar-refractivity contribution is 5.33. The van der Waals surface area contributed by atoms with Gasteiger partial charge in [-0.05, 0) is 12.3 Å². The number of hydrogen-bond acceptors (Lipinski definition) is 4. The standard InChI is InChI=1S/C13H21N3O/c1-9(2)13-15-11(14)8-12(16-13)17-7-6-10-4-3-5-10/h8-10H,3-7H2,1-2H3,(H2,14,15,16). The Morgan fingerprint density at radius 1 is 1.41 bits per heavy atom. The van der Waals surface area contributed by atoms with Gasteiger partial charge < -0.3 is 10.5 Å². The van der Waals surface area contributed by atoms with Crippen molar-refractivity contribution in [2.75, 3.05) is 12.3 Å². The summed E-state index contributed by atoms with van der Waals surface area (Å²) in [5, 5.41) is 0. The second-order valence-corrected chi connectivity index (χ2v) is 5.08. The highest BCUT2D eigenvalue weighted by Crippen LogP contribution is 2.29. The lowest BCUT2D eigenvalue weighted by Gasteiger charge is -2.24. The summed E-state index contributed by atoms with van der Waals surface area (Å²) in [5.74, 6) is 2.98. The average Bonchev–Trinajstić information content (AvgIpc) is 2.21. The first-order valence-electron chi connectivity index (χ1n) is 6.42. The van der Waals surface area contributed by atoms with Crippen LogP contribution in [0.4, 0.5) is 5.82 Å². The quantitative estimate of drug-likeness (QED) is 0.852. The van der Waals surface area contributed by atoms with Gasteiger partial charge in [-0.3, -0.25) is 0 Å². The number of nitrogen functional groups attached to an aromatic ring is 1. The van der Waals surface area contributed by atoms with Gasteiger partial charge in [-0.2, -0.15) is 4.98 Å². The first kappa shape index (κ1) is 12.1. The van der Waals surface area contributed by atoms with Gasteiger partial charge in [0.25, 0.3) is 0 Å². The molecule has 1 saturated carbocycles. The van der Waals surface area contributed by atoms with E-state index in [-0.39, 0.29) is 5.92 Å². The molecule has 1 aliphatic rings. The maximum absolute atomic E-state index is 5.73. The molecule has 2 rings (SSSR count). The largest absolute Gasteiger partial charge is 0.478 e. The van der Waals surface area contributed by atoms with Crippen molar-refractivity contribution in [3.63, 3.8) is 0 Å². The maximum atomic E-state index is 5.73. The minimum atomic E-state index is 0.271. The second kappa shape index (κ2) is 5.34. The highest BCUT2D eigenvalue weighted by Gasteiger charge is 2.17. The molecule has 94 valence electrons. The molecular weight excluding hydrogens is 214 g/mol. The molecule has 17 heavy (non-hydrogen) atoms. The Bertz CT molecular complexity index is 375. The van der Waals surface area contributed by atoms with Crippen molar-refractivity contribution in [3.8, 4) is 5.88 Å². The van der Waals surface area contributed by atoms with Crippen LogP contribution in [0.3, 0.4) is 0 Å². The van der Waals surface area contributed by atoms with Crippen molar-refractivity contribution >= 4 is 5.82 Å². The molecule has 2 N–H and O–H groups in total. The molecule has 0 spiro atoms. The molecule has 1 aromatic rings. The van der Waals surface area contributed by atoms with Crippen LogP contribution in [0.25, 0.3) is 0 Å². The highest BCUT2D eigenvalue weighted by atomic mass is 16.5. The molecule has 0 aliphatic heterocycles. The summed E-state index contributed by atoms with van der Waals surface area (Å²) in [6.45, 7) is 4.83. The van der Waals surface area contributed by atoms with Crippen LogP contribution >= 0.6 is 0 Å². The molecule has 0 radical (unpaired) electrons. The van der Waals surface area contributed by atoms with Gasteiger partial charge in [0.1, 0.15) is 11.6 Å². The molecule has 4 nitrogen and oxygen atoms in total. The van der Waals surface area contributed by atoms with Gasteiger partial charge in [0.15, 0.2) is 0 Å². The summed E-state index contributed by atoms with van der Waals surface area (Å²) >= 11 is 0. The summed E-state index contributed by atoms with van der Waals surface area (Å²) in [6.07, 6.45) is 5.21. The number of ether oxygens (including phenoxy) is 1. The Morgan fingerprint density at radius 3 is 2.76 bits per heavy atom. The van der Waals surface area contributed by atoms with E-state index in [0.717, 1.165) is 24.8 Å². The molecule has 1 aromatic heterocycles. The van der Waals surface area contributed by atoms with Gasteiger partial charge in [-0.15, -0.1) is 0 Å². The summed E-state index contributed by atoms with van der Waals surface area (Å²) in [5.41, 5.74) is 5.73. The van der Waals surface area contributed by atoms with Crippen molar-refractivity contribution in [1.82, 2.24) is 9.97 Å². The molecular formula is C13H21N3O. The minimum absolute atomic E-state index is 0.271. The van der Waals surface area contributed by atoms with E-state index in [4.69, 9.17) is 10.5 Å². The van der Waals surface area contributed by atoms with Gasteiger partial charge in [-0.1, -0.05) is 33.1 Å². The van der Waals surface area contributed by atoms with Crippen molar-refractivity contribution < 1.29 is 4.74 Å². The van der Waals surface area contributed by atoms with Crippen molar-refractivity contribution in [1.29, 1.82) is 0 Å². The monoisotopic (exact) mass is 235 g/mol. The smallest absolute Gasteiger partial charge is 0.218 e. The predicted molar refractivity (Wildman–Crippen MR) is 68.0 cm³/mol. The SMILES string of the molecule is CC(C)c1nc(N)cc(OCCC2CCC2)n1. The number of nitrogens with zero attached hydrogens (tertiary/aromatic N) is 2. The Kier molecular flexibility index (Phi) is 3.82. The first-order chi connectivity index (χ1) is 8.15. The van der Waals surface area contributed by atoms with E-state index >= 15 is 0 Å². The Labute approximate surface area is 103 Å². The lowest BCUT2D eigenvalue weighted by molar-refractivity contribution is 0.217. The lowest BCUT2D eigenvalue weighted by Crippen LogP contribution is -2.15. The third kappa shape index (κ3) is 3.32.